The Labute approximate surface area is 117 Å². The average Bonchev–Trinajstić information content (AvgIpc) is 3.18. The first-order chi connectivity index (χ1) is 9.83. The molecule has 1 aliphatic rings. The molecule has 5 heteroatoms. The van der Waals surface area contributed by atoms with Crippen LogP contribution in [0.3, 0.4) is 0 Å². The molecule has 20 heavy (non-hydrogen) atoms. The summed E-state index contributed by atoms with van der Waals surface area (Å²) >= 11 is 0. The van der Waals surface area contributed by atoms with Gasteiger partial charge in [-0.15, -0.1) is 0 Å². The Morgan fingerprint density at radius 1 is 1.25 bits per heavy atom. The van der Waals surface area contributed by atoms with Gasteiger partial charge in [-0.3, -0.25) is 5.32 Å². The monoisotopic (exact) mass is 274 g/mol. The lowest BCUT2D eigenvalue weighted by molar-refractivity contribution is 0.256. The van der Waals surface area contributed by atoms with Gasteiger partial charge in [-0.1, -0.05) is 12.1 Å². The van der Waals surface area contributed by atoms with Crippen LogP contribution in [0.4, 0.5) is 0 Å². The Bertz CT molecular complexity index is 560. The fourth-order valence-corrected chi connectivity index (χ4v) is 2.95. The van der Waals surface area contributed by atoms with Gasteiger partial charge in [0.05, 0.1) is 30.3 Å². The maximum absolute atomic E-state index is 9.32. The summed E-state index contributed by atoms with van der Waals surface area (Å²) in [5.41, 5.74) is 0.786. The van der Waals surface area contributed by atoms with Crippen LogP contribution < -0.4 is 5.32 Å². The van der Waals surface area contributed by atoms with Crippen LogP contribution in [0.2, 0.25) is 0 Å². The fourth-order valence-electron chi connectivity index (χ4n) is 2.95. The maximum atomic E-state index is 9.32. The predicted octanol–water partition coefficient (Wildman–Crippen LogP) is 3.50. The highest BCUT2D eigenvalue weighted by atomic mass is 16.4. The normalized spacial score (nSPS) is 28.9. The number of nitrogens with one attached hydrogen (secondary N) is 1. The van der Waals surface area contributed by atoms with E-state index in [1.807, 2.05) is 24.3 Å². The second kappa shape index (κ2) is 5.54. The van der Waals surface area contributed by atoms with E-state index >= 15 is 0 Å². The molecule has 0 saturated carbocycles. The summed E-state index contributed by atoms with van der Waals surface area (Å²) in [6.45, 7) is 2.08. The number of hydrogen-bond donors (Lipinski definition) is 2. The molecule has 2 N–H and O–H groups in total. The molecule has 3 heterocycles. The largest absolute Gasteiger partial charge is 0.468 e. The van der Waals surface area contributed by atoms with Crippen LogP contribution in [0.15, 0.2) is 50.8 Å². The number of oxime groups is 1. The number of furan rings is 2. The second-order valence-electron chi connectivity index (χ2n) is 5.04. The molecule has 0 amide bonds. The van der Waals surface area contributed by atoms with Crippen molar-refractivity contribution < 1.29 is 14.0 Å². The second-order valence-corrected chi connectivity index (χ2v) is 5.04. The van der Waals surface area contributed by atoms with E-state index in [0.717, 1.165) is 23.7 Å². The third-order valence-corrected chi connectivity index (χ3v) is 3.93. The molecule has 3 rings (SSSR count). The van der Waals surface area contributed by atoms with Crippen LogP contribution >= 0.6 is 0 Å². The van der Waals surface area contributed by atoms with Crippen LogP contribution in [0, 0.1) is 5.92 Å². The zero-order valence-electron chi connectivity index (χ0n) is 11.3. The molecule has 0 unspecified atom stereocenters. The van der Waals surface area contributed by atoms with Crippen LogP contribution in [0.1, 0.15) is 43.4 Å². The van der Waals surface area contributed by atoms with Crippen molar-refractivity contribution in [3.8, 4) is 0 Å². The van der Waals surface area contributed by atoms with Crippen LogP contribution in [-0.2, 0) is 0 Å². The molecular weight excluding hydrogens is 256 g/mol. The first-order valence-electron chi connectivity index (χ1n) is 6.87. The molecule has 106 valence electrons. The third-order valence-electron chi connectivity index (χ3n) is 3.93. The molecule has 1 saturated heterocycles. The van der Waals surface area contributed by atoms with Crippen molar-refractivity contribution in [2.24, 2.45) is 11.1 Å². The smallest absolute Gasteiger partial charge is 0.121 e. The number of rotatable bonds is 3. The summed E-state index contributed by atoms with van der Waals surface area (Å²) < 4.78 is 11.0. The molecule has 0 aromatic carbocycles. The molecule has 1 aliphatic heterocycles. The van der Waals surface area contributed by atoms with Gasteiger partial charge >= 0.3 is 0 Å². The molecule has 0 bridgehead atoms. The third kappa shape index (κ3) is 2.25. The van der Waals surface area contributed by atoms with Crippen molar-refractivity contribution in [1.29, 1.82) is 0 Å². The van der Waals surface area contributed by atoms with E-state index in [1.165, 1.54) is 0 Å². The number of piperidine rings is 1. The Balaban J connectivity index is 1.93. The van der Waals surface area contributed by atoms with E-state index in [1.54, 1.807) is 12.5 Å². The molecule has 0 aliphatic carbocycles. The minimum Gasteiger partial charge on any atom is -0.468 e. The number of hydrogen-bond acceptors (Lipinski definition) is 5. The standard InChI is InChI=1S/C15H18N2O3/c1-2-10-11(17-18)9-12(13-5-3-7-19-13)16-15(10)14-6-4-8-20-14/h3-8,10,12,15-16,18H,2,9H2,1H3/b17-11+/t10-,12+,15-/m1/s1. The summed E-state index contributed by atoms with van der Waals surface area (Å²) in [5.74, 6) is 1.82. The lowest BCUT2D eigenvalue weighted by atomic mass is 9.82. The van der Waals surface area contributed by atoms with E-state index in [9.17, 15) is 5.21 Å². The highest BCUT2D eigenvalue weighted by molar-refractivity contribution is 5.88. The Morgan fingerprint density at radius 2 is 1.95 bits per heavy atom. The molecule has 5 nitrogen and oxygen atoms in total. The first kappa shape index (κ1) is 13.0. The Morgan fingerprint density at radius 3 is 2.50 bits per heavy atom. The fraction of sp³-hybridized carbons (Fsp3) is 0.400. The van der Waals surface area contributed by atoms with Gasteiger partial charge < -0.3 is 14.0 Å². The average molecular weight is 274 g/mol. The summed E-state index contributed by atoms with van der Waals surface area (Å²) in [5, 5.41) is 16.4. The van der Waals surface area contributed by atoms with Gasteiger partial charge in [-0.25, -0.2) is 0 Å². The minimum atomic E-state index is -0.00949. The lowest BCUT2D eigenvalue weighted by Crippen LogP contribution is -2.42. The van der Waals surface area contributed by atoms with E-state index in [0.29, 0.717) is 6.42 Å². The van der Waals surface area contributed by atoms with Crippen molar-refractivity contribution in [3.63, 3.8) is 0 Å². The van der Waals surface area contributed by atoms with Crippen molar-refractivity contribution in [1.82, 2.24) is 5.32 Å². The maximum Gasteiger partial charge on any atom is 0.121 e. The molecule has 2 aromatic rings. The lowest BCUT2D eigenvalue weighted by Gasteiger charge is -2.35. The van der Waals surface area contributed by atoms with E-state index in [2.05, 4.69) is 17.4 Å². The Hall–Kier alpha value is -2.01. The van der Waals surface area contributed by atoms with E-state index in [4.69, 9.17) is 8.83 Å². The van der Waals surface area contributed by atoms with Crippen molar-refractivity contribution in [2.75, 3.05) is 0 Å². The van der Waals surface area contributed by atoms with Gasteiger partial charge in [0, 0.05) is 12.3 Å². The van der Waals surface area contributed by atoms with Gasteiger partial charge in [0.15, 0.2) is 0 Å². The molecule has 1 fully saturated rings. The van der Waals surface area contributed by atoms with Crippen LogP contribution in [0.5, 0.6) is 0 Å². The molecule has 0 spiro atoms. The van der Waals surface area contributed by atoms with Crippen LogP contribution in [-0.4, -0.2) is 10.9 Å². The van der Waals surface area contributed by atoms with Gasteiger partial charge in [-0.05, 0) is 30.7 Å². The Kier molecular flexibility index (Phi) is 3.60. The topological polar surface area (TPSA) is 70.9 Å². The van der Waals surface area contributed by atoms with E-state index < -0.39 is 0 Å². The summed E-state index contributed by atoms with van der Waals surface area (Å²) in [6.07, 6.45) is 4.83. The van der Waals surface area contributed by atoms with Crippen molar-refractivity contribution >= 4 is 5.71 Å². The molecule has 2 aromatic heterocycles. The SMILES string of the molecule is CC[C@@H]1/C(=N/O)C[C@@H](c2ccco2)N[C@H]1c1ccco1. The molecular formula is C15H18N2O3. The van der Waals surface area contributed by atoms with Gasteiger partial charge in [-0.2, -0.15) is 0 Å². The highest BCUT2D eigenvalue weighted by Crippen LogP contribution is 2.37. The number of nitrogens with zero attached hydrogens (tertiary/aromatic N) is 1. The van der Waals surface area contributed by atoms with Gasteiger partial charge in [0.25, 0.3) is 0 Å². The predicted molar refractivity (Wildman–Crippen MR) is 73.7 cm³/mol. The van der Waals surface area contributed by atoms with Crippen molar-refractivity contribution in [3.05, 3.63) is 48.3 Å². The highest BCUT2D eigenvalue weighted by Gasteiger charge is 2.37. The zero-order chi connectivity index (χ0) is 13.9. The molecule has 0 radical (unpaired) electrons. The zero-order valence-corrected chi connectivity index (χ0v) is 11.3. The summed E-state index contributed by atoms with van der Waals surface area (Å²) in [7, 11) is 0. The molecule has 3 atom stereocenters. The van der Waals surface area contributed by atoms with E-state index in [-0.39, 0.29) is 18.0 Å². The quantitative estimate of drug-likeness (QED) is 0.663. The van der Waals surface area contributed by atoms with Gasteiger partial charge in [0.2, 0.25) is 0 Å². The minimum absolute atomic E-state index is 0.00574. The van der Waals surface area contributed by atoms with Crippen molar-refractivity contribution in [2.45, 2.75) is 31.8 Å². The first-order valence-corrected chi connectivity index (χ1v) is 6.87. The summed E-state index contributed by atoms with van der Waals surface area (Å²) in [4.78, 5) is 0. The van der Waals surface area contributed by atoms with Gasteiger partial charge in [0.1, 0.15) is 11.5 Å². The summed E-state index contributed by atoms with van der Waals surface area (Å²) in [6, 6.07) is 7.59. The van der Waals surface area contributed by atoms with Crippen LogP contribution in [0.25, 0.3) is 0 Å².